The summed E-state index contributed by atoms with van der Waals surface area (Å²) in [6, 6.07) is 14.5. The van der Waals surface area contributed by atoms with Crippen LogP contribution in [0.5, 0.6) is 11.5 Å². The maximum absolute atomic E-state index is 12.6. The molecule has 0 spiro atoms. The molecule has 1 fully saturated rings. The second-order valence-electron chi connectivity index (χ2n) is 9.39. The molecule has 1 saturated heterocycles. The Morgan fingerprint density at radius 2 is 1.88 bits per heavy atom. The zero-order chi connectivity index (χ0) is 23.5. The number of amides is 1. The Bertz CT molecular complexity index is 1030. The van der Waals surface area contributed by atoms with Crippen LogP contribution in [0.15, 0.2) is 48.5 Å². The maximum Gasteiger partial charge on any atom is 0.223 e. The van der Waals surface area contributed by atoms with Gasteiger partial charge in [0.05, 0.1) is 13.2 Å². The highest BCUT2D eigenvalue weighted by molar-refractivity contribution is 5.84. The van der Waals surface area contributed by atoms with E-state index in [0.717, 1.165) is 29.9 Å². The summed E-state index contributed by atoms with van der Waals surface area (Å²) < 4.78 is 11.9. The third-order valence-corrected chi connectivity index (χ3v) is 6.93. The topological polar surface area (TPSA) is 50.8 Å². The van der Waals surface area contributed by atoms with Gasteiger partial charge in [-0.3, -0.25) is 4.79 Å². The predicted molar refractivity (Wildman–Crippen MR) is 134 cm³/mol. The summed E-state index contributed by atoms with van der Waals surface area (Å²) in [5.41, 5.74) is 2.55. The number of hydrogen-bond donors (Lipinski definition) is 1. The molecule has 0 bridgehead atoms. The first-order valence-corrected chi connectivity index (χ1v) is 12.2. The molecule has 176 valence electrons. The van der Waals surface area contributed by atoms with Gasteiger partial charge < -0.3 is 19.7 Å². The monoisotopic (exact) mass is 448 g/mol. The van der Waals surface area contributed by atoms with Crippen LogP contribution in [0.25, 0.3) is 6.08 Å². The molecule has 1 N–H and O–H groups in total. The van der Waals surface area contributed by atoms with E-state index >= 15 is 0 Å². The Labute approximate surface area is 197 Å². The fourth-order valence-electron chi connectivity index (χ4n) is 5.09. The number of benzene rings is 2. The van der Waals surface area contributed by atoms with Crippen molar-refractivity contribution in [2.75, 3.05) is 24.7 Å². The lowest BCUT2D eigenvalue weighted by atomic mass is 9.74. The van der Waals surface area contributed by atoms with Crippen molar-refractivity contribution in [1.82, 2.24) is 5.32 Å². The number of nitrogens with zero attached hydrogens (tertiary/aromatic N) is 1. The van der Waals surface area contributed by atoms with Crippen molar-refractivity contribution in [2.45, 2.75) is 64.5 Å². The van der Waals surface area contributed by atoms with E-state index in [2.05, 4.69) is 73.5 Å². The molecule has 0 aromatic heterocycles. The van der Waals surface area contributed by atoms with E-state index < -0.39 is 5.66 Å². The van der Waals surface area contributed by atoms with Crippen LogP contribution in [0, 0.1) is 0 Å². The van der Waals surface area contributed by atoms with Gasteiger partial charge in [0.25, 0.3) is 0 Å². The van der Waals surface area contributed by atoms with E-state index in [0.29, 0.717) is 26.2 Å². The van der Waals surface area contributed by atoms with Gasteiger partial charge in [-0.25, -0.2) is 0 Å². The summed E-state index contributed by atoms with van der Waals surface area (Å²) in [6.45, 7) is 10.6. The van der Waals surface area contributed by atoms with Crippen molar-refractivity contribution in [2.24, 2.45) is 0 Å². The van der Waals surface area contributed by atoms with Gasteiger partial charge in [0.2, 0.25) is 5.91 Å². The summed E-state index contributed by atoms with van der Waals surface area (Å²) in [5, 5.41) is 3.33. The standard InChI is InChI=1S/C28H36N2O3/c1-5-7-10-19-33-24-14-13-21(20-25(24)32-6-2)15-17-28-27(3,4)22-11-8-9-12-23(22)30(28)18-16-26(31)29-28/h8-9,11-15,17,20H,5-7,10,16,18-19H2,1-4H3,(H,29,31)/b17-15+/t28-/m1/s1. The first-order chi connectivity index (χ1) is 15.9. The molecule has 0 saturated carbocycles. The van der Waals surface area contributed by atoms with Crippen molar-refractivity contribution in [1.29, 1.82) is 0 Å². The minimum Gasteiger partial charge on any atom is -0.490 e. The average Bonchev–Trinajstić information content (AvgIpc) is 3.00. The van der Waals surface area contributed by atoms with Crippen LogP contribution in [0.3, 0.4) is 0 Å². The van der Waals surface area contributed by atoms with Gasteiger partial charge in [-0.1, -0.05) is 64.0 Å². The molecule has 5 nitrogen and oxygen atoms in total. The third-order valence-electron chi connectivity index (χ3n) is 6.93. The number of ether oxygens (including phenoxy) is 2. The molecule has 33 heavy (non-hydrogen) atoms. The van der Waals surface area contributed by atoms with Crippen LogP contribution in [0.1, 0.15) is 64.5 Å². The number of anilines is 1. The SMILES string of the molecule is CCCCCOc1ccc(/C=C/[C@@]23NC(=O)CCN2c2ccccc2C3(C)C)cc1OCC. The van der Waals surface area contributed by atoms with Gasteiger partial charge in [-0.2, -0.15) is 0 Å². The Kier molecular flexibility index (Phi) is 6.68. The molecule has 1 amide bonds. The van der Waals surface area contributed by atoms with E-state index in [1.165, 1.54) is 17.7 Å². The lowest BCUT2D eigenvalue weighted by molar-refractivity contribution is -0.124. The molecule has 0 radical (unpaired) electrons. The number of unbranched alkanes of at least 4 members (excludes halogenated alkanes) is 2. The van der Waals surface area contributed by atoms with Gasteiger partial charge in [0.15, 0.2) is 11.5 Å². The minimum absolute atomic E-state index is 0.0858. The Morgan fingerprint density at radius 3 is 2.67 bits per heavy atom. The number of carbonyl (C=O) groups is 1. The first kappa shape index (κ1) is 23.2. The molecule has 2 aromatic carbocycles. The van der Waals surface area contributed by atoms with Crippen LogP contribution in [-0.4, -0.2) is 31.3 Å². The van der Waals surface area contributed by atoms with Gasteiger partial charge in [0.1, 0.15) is 5.66 Å². The van der Waals surface area contributed by atoms with Crippen molar-refractivity contribution >= 4 is 17.7 Å². The number of carbonyl (C=O) groups excluding carboxylic acids is 1. The normalized spacial score (nSPS) is 21.0. The average molecular weight is 449 g/mol. The van der Waals surface area contributed by atoms with Crippen LogP contribution >= 0.6 is 0 Å². The molecule has 0 aliphatic carbocycles. The molecule has 0 unspecified atom stereocenters. The van der Waals surface area contributed by atoms with Crippen LogP contribution in [0.4, 0.5) is 5.69 Å². The molecule has 2 aliphatic heterocycles. The highest BCUT2D eigenvalue weighted by Crippen LogP contribution is 2.52. The van der Waals surface area contributed by atoms with Crippen molar-refractivity contribution in [3.8, 4) is 11.5 Å². The van der Waals surface area contributed by atoms with Crippen LogP contribution in [-0.2, 0) is 10.2 Å². The van der Waals surface area contributed by atoms with Gasteiger partial charge >= 0.3 is 0 Å². The second kappa shape index (κ2) is 9.50. The smallest absolute Gasteiger partial charge is 0.223 e. The fraction of sp³-hybridized carbons (Fsp3) is 0.464. The van der Waals surface area contributed by atoms with Crippen molar-refractivity contribution in [3.63, 3.8) is 0 Å². The number of hydrogen-bond acceptors (Lipinski definition) is 4. The molecule has 4 rings (SSSR count). The highest BCUT2D eigenvalue weighted by atomic mass is 16.5. The molecule has 5 heteroatoms. The van der Waals surface area contributed by atoms with E-state index in [1.807, 2.05) is 19.1 Å². The predicted octanol–water partition coefficient (Wildman–Crippen LogP) is 5.68. The quantitative estimate of drug-likeness (QED) is 0.501. The molecule has 2 heterocycles. The minimum atomic E-state index is -0.618. The van der Waals surface area contributed by atoms with E-state index in [-0.39, 0.29) is 11.3 Å². The Morgan fingerprint density at radius 1 is 1.06 bits per heavy atom. The Hall–Kier alpha value is -2.95. The van der Waals surface area contributed by atoms with E-state index in [4.69, 9.17) is 9.47 Å². The number of fused-ring (bicyclic) bond motifs is 3. The van der Waals surface area contributed by atoms with Gasteiger partial charge in [-0.15, -0.1) is 0 Å². The largest absolute Gasteiger partial charge is 0.490 e. The first-order valence-electron chi connectivity index (χ1n) is 12.2. The van der Waals surface area contributed by atoms with Crippen LogP contribution in [0.2, 0.25) is 0 Å². The lowest BCUT2D eigenvalue weighted by Gasteiger charge is -2.49. The molecular weight excluding hydrogens is 412 g/mol. The Balaban J connectivity index is 1.65. The third kappa shape index (κ3) is 4.21. The lowest BCUT2D eigenvalue weighted by Crippen LogP contribution is -2.68. The van der Waals surface area contributed by atoms with E-state index in [9.17, 15) is 4.79 Å². The fourth-order valence-corrected chi connectivity index (χ4v) is 5.09. The van der Waals surface area contributed by atoms with Crippen molar-refractivity contribution in [3.05, 3.63) is 59.7 Å². The molecular formula is C28H36N2O3. The number of nitrogens with one attached hydrogen (secondary N) is 1. The number of rotatable bonds is 9. The molecule has 2 aliphatic rings. The summed E-state index contributed by atoms with van der Waals surface area (Å²) in [4.78, 5) is 14.9. The summed E-state index contributed by atoms with van der Waals surface area (Å²) in [7, 11) is 0. The summed E-state index contributed by atoms with van der Waals surface area (Å²) in [5.74, 6) is 1.62. The highest BCUT2D eigenvalue weighted by Gasteiger charge is 2.57. The van der Waals surface area contributed by atoms with Crippen molar-refractivity contribution < 1.29 is 14.3 Å². The van der Waals surface area contributed by atoms with Gasteiger partial charge in [-0.05, 0) is 48.7 Å². The summed E-state index contributed by atoms with van der Waals surface area (Å²) >= 11 is 0. The van der Waals surface area contributed by atoms with Gasteiger partial charge in [0, 0.05) is 24.1 Å². The zero-order valence-electron chi connectivity index (χ0n) is 20.3. The maximum atomic E-state index is 12.6. The van der Waals surface area contributed by atoms with Crippen LogP contribution < -0.4 is 19.7 Å². The molecule has 2 aromatic rings. The molecule has 1 atom stereocenters. The zero-order valence-corrected chi connectivity index (χ0v) is 20.3. The summed E-state index contributed by atoms with van der Waals surface area (Å²) in [6.07, 6.45) is 8.11. The van der Waals surface area contributed by atoms with E-state index in [1.54, 1.807) is 0 Å². The number of para-hydroxylation sites is 1. The second-order valence-corrected chi connectivity index (χ2v) is 9.39.